The molecule has 4 aliphatic rings. The van der Waals surface area contributed by atoms with Crippen LogP contribution in [0.25, 0.3) is 22.3 Å². The van der Waals surface area contributed by atoms with Gasteiger partial charge >= 0.3 is 0 Å². The molecule has 258 valence electrons. The Kier molecular flexibility index (Phi) is 6.22. The smallest absolute Gasteiger partial charge is 0.0502 e. The van der Waals surface area contributed by atoms with E-state index in [9.17, 15) is 0 Å². The highest BCUT2D eigenvalue weighted by Gasteiger charge is 2.57. The molecule has 0 fully saturated rings. The van der Waals surface area contributed by atoms with E-state index in [1.54, 1.807) is 0 Å². The summed E-state index contributed by atoms with van der Waals surface area (Å²) >= 11 is 0. The Morgan fingerprint density at radius 2 is 0.827 bits per heavy atom. The molecule has 0 radical (unpaired) electrons. The van der Waals surface area contributed by atoms with Gasteiger partial charge in [-0.05, 0) is 121 Å². The van der Waals surface area contributed by atoms with Crippen molar-refractivity contribution >= 4 is 17.1 Å². The topological polar surface area (TPSA) is 3.24 Å². The molecule has 1 spiro atoms. The van der Waals surface area contributed by atoms with E-state index >= 15 is 0 Å². The molecule has 10 rings (SSSR count). The van der Waals surface area contributed by atoms with Crippen LogP contribution < -0.4 is 4.90 Å². The van der Waals surface area contributed by atoms with E-state index < -0.39 is 0 Å². The average Bonchev–Trinajstić information content (AvgIpc) is 3.70. The fraction of sp³-hybridized carbons (Fsp3) is 0.294. The zero-order valence-electron chi connectivity index (χ0n) is 32.0. The number of fused-ring (bicyclic) bond motifs is 10. The first-order chi connectivity index (χ1) is 24.8. The van der Waals surface area contributed by atoms with Crippen molar-refractivity contribution in [3.05, 3.63) is 172 Å². The lowest BCUT2D eigenvalue weighted by molar-refractivity contribution is 0.350. The van der Waals surface area contributed by atoms with Crippen molar-refractivity contribution < 1.29 is 0 Å². The molecule has 0 saturated heterocycles. The highest BCUT2D eigenvalue weighted by Crippen LogP contribution is 2.65. The Labute approximate surface area is 310 Å². The second-order valence-corrected chi connectivity index (χ2v) is 18.6. The minimum atomic E-state index is -0.0870. The van der Waals surface area contributed by atoms with Gasteiger partial charge in [-0.25, -0.2) is 0 Å². The Hall–Kier alpha value is -4.88. The van der Waals surface area contributed by atoms with Gasteiger partial charge in [0.2, 0.25) is 0 Å². The van der Waals surface area contributed by atoms with Crippen molar-refractivity contribution in [1.82, 2.24) is 0 Å². The number of hydrogen-bond acceptors (Lipinski definition) is 1. The molecule has 0 aromatic heterocycles. The van der Waals surface area contributed by atoms with Gasteiger partial charge < -0.3 is 4.90 Å². The van der Waals surface area contributed by atoms with E-state index in [-0.39, 0.29) is 27.1 Å². The summed E-state index contributed by atoms with van der Waals surface area (Å²) in [5.41, 5.74) is 20.8. The molecular weight excluding hydrogens is 627 g/mol. The zero-order valence-corrected chi connectivity index (χ0v) is 32.0. The van der Waals surface area contributed by atoms with Crippen molar-refractivity contribution in [3.8, 4) is 22.3 Å². The molecule has 0 amide bonds. The maximum atomic E-state index is 2.62. The fourth-order valence-corrected chi connectivity index (χ4v) is 11.7. The van der Waals surface area contributed by atoms with E-state index in [2.05, 4.69) is 188 Å². The molecular formula is C51H49N. The lowest BCUT2D eigenvalue weighted by Crippen LogP contribution is -2.26. The third kappa shape index (κ3) is 4.00. The van der Waals surface area contributed by atoms with Crippen molar-refractivity contribution in [2.75, 3.05) is 4.90 Å². The lowest BCUT2D eigenvalue weighted by atomic mass is 9.72. The lowest BCUT2D eigenvalue weighted by Gasteiger charge is -2.33. The second kappa shape index (κ2) is 10.2. The van der Waals surface area contributed by atoms with Crippen LogP contribution >= 0.6 is 0 Å². The first kappa shape index (κ1) is 31.8. The molecule has 1 atom stereocenters. The van der Waals surface area contributed by atoms with Crippen molar-refractivity contribution in [2.24, 2.45) is 0 Å². The summed E-state index contributed by atoms with van der Waals surface area (Å²) in [6, 6.07) is 49.1. The van der Waals surface area contributed by atoms with Gasteiger partial charge in [0.15, 0.2) is 0 Å². The van der Waals surface area contributed by atoms with Crippen LogP contribution in [0, 0.1) is 0 Å². The van der Waals surface area contributed by atoms with E-state index in [0.717, 1.165) is 12.8 Å². The number of hydrogen-bond donors (Lipinski definition) is 0. The van der Waals surface area contributed by atoms with E-state index in [4.69, 9.17) is 0 Å². The summed E-state index contributed by atoms with van der Waals surface area (Å²) in [4.78, 5) is 2.62. The minimum Gasteiger partial charge on any atom is -0.310 e. The monoisotopic (exact) mass is 675 g/mol. The quantitative estimate of drug-likeness (QED) is 0.180. The van der Waals surface area contributed by atoms with Gasteiger partial charge in [0.25, 0.3) is 0 Å². The molecule has 0 saturated carbocycles. The fourth-order valence-electron chi connectivity index (χ4n) is 11.7. The molecule has 6 aromatic carbocycles. The summed E-state index contributed by atoms with van der Waals surface area (Å²) in [6.45, 7) is 19.5. The van der Waals surface area contributed by atoms with Crippen LogP contribution in [0.3, 0.4) is 0 Å². The van der Waals surface area contributed by atoms with Crippen molar-refractivity contribution in [1.29, 1.82) is 0 Å². The first-order valence-corrected chi connectivity index (χ1v) is 19.3. The Morgan fingerprint density at radius 3 is 1.38 bits per heavy atom. The Balaban J connectivity index is 1.23. The van der Waals surface area contributed by atoms with Crippen LogP contribution in [0.2, 0.25) is 0 Å². The summed E-state index contributed by atoms with van der Waals surface area (Å²) in [5, 5.41) is 0. The molecule has 52 heavy (non-hydrogen) atoms. The van der Waals surface area contributed by atoms with Gasteiger partial charge in [-0.3, -0.25) is 0 Å². The normalized spacial score (nSPS) is 21.2. The molecule has 1 nitrogen and oxygen atoms in total. The Morgan fingerprint density at radius 1 is 0.385 bits per heavy atom. The van der Waals surface area contributed by atoms with Crippen LogP contribution in [0.4, 0.5) is 17.1 Å². The SMILES string of the molecule is CC1(C)CC2(CC(C)(C)c3c(N(c4ccc5c(c4)C(C)(C)c4ccccc4-5)c4ccc5c(c4)C(C)(C)c4ccccc4-5)cccc32)c2ccccc21. The maximum absolute atomic E-state index is 2.62. The van der Waals surface area contributed by atoms with Crippen LogP contribution in [0.1, 0.15) is 113 Å². The summed E-state index contributed by atoms with van der Waals surface area (Å²) in [6.07, 6.45) is 2.25. The van der Waals surface area contributed by atoms with Crippen LogP contribution in [-0.4, -0.2) is 0 Å². The van der Waals surface area contributed by atoms with Crippen molar-refractivity contribution in [2.45, 2.75) is 95.3 Å². The summed E-state index contributed by atoms with van der Waals surface area (Å²) in [5.74, 6) is 0. The van der Waals surface area contributed by atoms with E-state index in [0.29, 0.717) is 0 Å². The van der Waals surface area contributed by atoms with Gasteiger partial charge in [0.1, 0.15) is 0 Å². The molecule has 0 bridgehead atoms. The molecule has 0 N–H and O–H groups in total. The summed E-state index contributed by atoms with van der Waals surface area (Å²) in [7, 11) is 0. The van der Waals surface area contributed by atoms with Crippen LogP contribution in [0.15, 0.2) is 127 Å². The predicted octanol–water partition coefficient (Wildman–Crippen LogP) is 13.4. The molecule has 1 unspecified atom stereocenters. The second-order valence-electron chi connectivity index (χ2n) is 18.6. The van der Waals surface area contributed by atoms with Gasteiger partial charge in [-0.1, -0.05) is 152 Å². The number of nitrogens with zero attached hydrogens (tertiary/aromatic N) is 1. The van der Waals surface area contributed by atoms with Crippen LogP contribution in [-0.2, 0) is 27.1 Å². The standard InChI is InChI=1S/C51H49N/c1-47(2)30-51(41-21-14-13-20-40(41)47)31-48(3,4)46-42(51)22-15-23-45(46)52(32-24-26-36-34-16-9-11-18-38(34)49(5,6)43(36)28-32)33-25-27-37-35-17-10-12-19-39(35)50(7,8)44(37)29-33/h9-29H,30-31H2,1-8H3. The summed E-state index contributed by atoms with van der Waals surface area (Å²) < 4.78 is 0. The molecule has 0 heterocycles. The third-order valence-electron chi connectivity index (χ3n) is 13.8. The Bertz CT molecular complexity index is 2380. The number of anilines is 3. The molecule has 4 aliphatic carbocycles. The first-order valence-electron chi connectivity index (χ1n) is 19.3. The van der Waals surface area contributed by atoms with Gasteiger partial charge in [-0.2, -0.15) is 0 Å². The van der Waals surface area contributed by atoms with E-state index in [1.165, 1.54) is 83.8 Å². The average molecular weight is 676 g/mol. The minimum absolute atomic E-state index is 0.0102. The zero-order chi connectivity index (χ0) is 36.0. The largest absolute Gasteiger partial charge is 0.310 e. The molecule has 0 aliphatic heterocycles. The van der Waals surface area contributed by atoms with Gasteiger partial charge in [0.05, 0.1) is 5.69 Å². The van der Waals surface area contributed by atoms with E-state index in [1.807, 2.05) is 0 Å². The van der Waals surface area contributed by atoms with Gasteiger partial charge in [-0.15, -0.1) is 0 Å². The highest BCUT2D eigenvalue weighted by molar-refractivity contribution is 5.89. The number of benzene rings is 6. The number of rotatable bonds is 3. The van der Waals surface area contributed by atoms with Gasteiger partial charge in [0, 0.05) is 27.6 Å². The highest BCUT2D eigenvalue weighted by atomic mass is 15.1. The maximum Gasteiger partial charge on any atom is 0.0502 e. The predicted molar refractivity (Wildman–Crippen MR) is 219 cm³/mol. The third-order valence-corrected chi connectivity index (χ3v) is 13.8. The van der Waals surface area contributed by atoms with Crippen LogP contribution in [0.5, 0.6) is 0 Å². The van der Waals surface area contributed by atoms with Crippen molar-refractivity contribution in [3.63, 3.8) is 0 Å². The molecule has 6 aromatic rings. The molecule has 1 heteroatoms.